The summed E-state index contributed by atoms with van der Waals surface area (Å²) in [4.78, 5) is 13.5. The molecule has 0 fully saturated rings. The molecule has 0 aliphatic rings. The number of pyridine rings is 1. The van der Waals surface area contributed by atoms with E-state index in [0.29, 0.717) is 0 Å². The van der Waals surface area contributed by atoms with Gasteiger partial charge in [0.05, 0.1) is 5.56 Å². The van der Waals surface area contributed by atoms with Crippen LogP contribution in [0.1, 0.15) is 22.5 Å². The number of rotatable bonds is 3. The molecule has 0 aliphatic carbocycles. The Kier molecular flexibility index (Phi) is 3.95. The number of carboxylic acids is 1. The molecule has 0 bridgehead atoms. The van der Waals surface area contributed by atoms with Crippen molar-refractivity contribution in [2.24, 2.45) is 0 Å². The van der Waals surface area contributed by atoms with Crippen LogP contribution in [-0.2, 0) is 0 Å². The Balaban J connectivity index is 3.36. The Bertz CT molecular complexity index is 477. The highest BCUT2D eigenvalue weighted by Crippen LogP contribution is 2.37. The number of alkyl halides is 5. The van der Waals surface area contributed by atoms with Crippen molar-refractivity contribution < 1.29 is 36.6 Å². The third kappa shape index (κ3) is 3.42. The van der Waals surface area contributed by atoms with Crippen molar-refractivity contribution in [1.29, 1.82) is 0 Å². The maximum atomic E-state index is 12.5. The van der Waals surface area contributed by atoms with Gasteiger partial charge in [-0.3, -0.25) is 0 Å². The molecule has 0 atom stereocenters. The van der Waals surface area contributed by atoms with Crippen molar-refractivity contribution in [3.8, 4) is 5.75 Å². The Morgan fingerprint density at radius 3 is 2.39 bits per heavy atom. The van der Waals surface area contributed by atoms with Crippen molar-refractivity contribution in [3.05, 3.63) is 22.5 Å². The van der Waals surface area contributed by atoms with E-state index in [4.69, 9.17) is 16.7 Å². The molecule has 1 aromatic rings. The van der Waals surface area contributed by atoms with Crippen LogP contribution in [0.25, 0.3) is 0 Å². The number of hydrogen-bond donors (Lipinski definition) is 1. The maximum absolute atomic E-state index is 12.5. The molecule has 0 amide bonds. The summed E-state index contributed by atoms with van der Waals surface area (Å²) in [5.74, 6) is -3.12. The van der Waals surface area contributed by atoms with Gasteiger partial charge in [0.2, 0.25) is 0 Å². The van der Waals surface area contributed by atoms with Crippen LogP contribution in [0.15, 0.2) is 6.07 Å². The summed E-state index contributed by atoms with van der Waals surface area (Å²) in [7, 11) is 0. The van der Waals surface area contributed by atoms with Crippen LogP contribution in [0.3, 0.4) is 0 Å². The first-order chi connectivity index (χ1) is 8.11. The van der Waals surface area contributed by atoms with E-state index in [0.717, 1.165) is 0 Å². The second kappa shape index (κ2) is 4.92. The molecule has 10 heteroatoms. The minimum Gasteiger partial charge on any atom is -0.477 e. The number of carboxylic acid groups (broad SMARTS) is 1. The maximum Gasteiger partial charge on any atom is 0.573 e. The summed E-state index contributed by atoms with van der Waals surface area (Å²) in [6, 6.07) is 0.264. The fourth-order valence-electron chi connectivity index (χ4n) is 1.01. The van der Waals surface area contributed by atoms with Crippen LogP contribution in [0, 0.1) is 0 Å². The van der Waals surface area contributed by atoms with Gasteiger partial charge in [-0.1, -0.05) is 11.6 Å². The minimum absolute atomic E-state index is 0.264. The lowest BCUT2D eigenvalue weighted by Gasteiger charge is -2.14. The lowest BCUT2D eigenvalue weighted by Crippen LogP contribution is -2.19. The molecule has 18 heavy (non-hydrogen) atoms. The molecule has 0 aromatic carbocycles. The summed E-state index contributed by atoms with van der Waals surface area (Å²) in [6.07, 6.45) is -8.65. The SMILES string of the molecule is O=C(O)c1cc(C(F)F)c(OC(F)(F)F)c(Cl)n1. The topological polar surface area (TPSA) is 59.4 Å². The zero-order chi connectivity index (χ0) is 14.1. The van der Waals surface area contributed by atoms with Gasteiger partial charge >= 0.3 is 12.3 Å². The largest absolute Gasteiger partial charge is 0.573 e. The van der Waals surface area contributed by atoms with Crippen LogP contribution in [-0.4, -0.2) is 22.4 Å². The molecule has 1 N–H and O–H groups in total. The number of aromatic nitrogens is 1. The lowest BCUT2D eigenvalue weighted by molar-refractivity contribution is -0.275. The summed E-state index contributed by atoms with van der Waals surface area (Å²) >= 11 is 5.20. The van der Waals surface area contributed by atoms with Gasteiger partial charge in [0.1, 0.15) is 0 Å². The summed E-state index contributed by atoms with van der Waals surface area (Å²) < 4.78 is 64.2. The van der Waals surface area contributed by atoms with Crippen molar-refractivity contribution in [1.82, 2.24) is 4.98 Å². The van der Waals surface area contributed by atoms with Crippen molar-refractivity contribution in [2.45, 2.75) is 12.8 Å². The van der Waals surface area contributed by atoms with Gasteiger partial charge in [-0.15, -0.1) is 13.2 Å². The van der Waals surface area contributed by atoms with Crippen molar-refractivity contribution in [3.63, 3.8) is 0 Å². The van der Waals surface area contributed by atoms with Crippen LogP contribution < -0.4 is 4.74 Å². The molecule has 0 saturated carbocycles. The Morgan fingerprint density at radius 2 is 2.00 bits per heavy atom. The second-order valence-corrected chi connectivity index (χ2v) is 3.23. The van der Waals surface area contributed by atoms with E-state index < -0.39 is 40.9 Å². The average molecular weight is 292 g/mol. The first-order valence-corrected chi connectivity index (χ1v) is 4.47. The van der Waals surface area contributed by atoms with Gasteiger partial charge < -0.3 is 9.84 Å². The van der Waals surface area contributed by atoms with Gasteiger partial charge in [-0.05, 0) is 6.07 Å². The first-order valence-electron chi connectivity index (χ1n) is 4.09. The number of aromatic carboxylic acids is 1. The molecular weight excluding hydrogens is 289 g/mol. The van der Waals surface area contributed by atoms with Crippen LogP contribution in [0.2, 0.25) is 5.15 Å². The highest BCUT2D eigenvalue weighted by molar-refractivity contribution is 6.31. The third-order valence-corrected chi connectivity index (χ3v) is 1.89. The van der Waals surface area contributed by atoms with Crippen LogP contribution in [0.4, 0.5) is 22.0 Å². The highest BCUT2D eigenvalue weighted by atomic mass is 35.5. The summed E-state index contributed by atoms with van der Waals surface area (Å²) in [5.41, 5.74) is -2.21. The Labute approximate surface area is 101 Å². The molecule has 100 valence electrons. The van der Waals surface area contributed by atoms with E-state index in [2.05, 4.69) is 9.72 Å². The average Bonchev–Trinajstić information content (AvgIpc) is 2.18. The van der Waals surface area contributed by atoms with Crippen LogP contribution in [0.5, 0.6) is 5.75 Å². The number of nitrogens with zero attached hydrogens (tertiary/aromatic N) is 1. The molecule has 1 aromatic heterocycles. The molecular formula is C8H3ClF5NO3. The predicted octanol–water partition coefficient (Wildman–Crippen LogP) is 3.27. The fourth-order valence-corrected chi connectivity index (χ4v) is 1.25. The zero-order valence-corrected chi connectivity index (χ0v) is 8.89. The molecule has 0 saturated heterocycles. The smallest absolute Gasteiger partial charge is 0.477 e. The van der Waals surface area contributed by atoms with Gasteiger partial charge in [-0.2, -0.15) is 0 Å². The monoisotopic (exact) mass is 291 g/mol. The fraction of sp³-hybridized carbons (Fsp3) is 0.250. The summed E-state index contributed by atoms with van der Waals surface area (Å²) in [5, 5.41) is 7.40. The third-order valence-electron chi connectivity index (χ3n) is 1.63. The Morgan fingerprint density at radius 1 is 1.44 bits per heavy atom. The quantitative estimate of drug-likeness (QED) is 0.686. The zero-order valence-electron chi connectivity index (χ0n) is 8.13. The van der Waals surface area contributed by atoms with E-state index in [-0.39, 0.29) is 6.07 Å². The normalized spacial score (nSPS) is 11.7. The molecule has 0 spiro atoms. The van der Waals surface area contributed by atoms with Crippen molar-refractivity contribution >= 4 is 17.6 Å². The van der Waals surface area contributed by atoms with Crippen LogP contribution >= 0.6 is 11.6 Å². The molecule has 4 nitrogen and oxygen atoms in total. The molecule has 0 radical (unpaired) electrons. The molecule has 1 rings (SSSR count). The van der Waals surface area contributed by atoms with Gasteiger partial charge in [0.25, 0.3) is 6.43 Å². The number of halogens is 6. The lowest BCUT2D eigenvalue weighted by atomic mass is 10.2. The first kappa shape index (κ1) is 14.4. The van der Waals surface area contributed by atoms with Crippen molar-refractivity contribution in [2.75, 3.05) is 0 Å². The number of ether oxygens (including phenoxy) is 1. The predicted molar refractivity (Wildman–Crippen MR) is 47.8 cm³/mol. The molecule has 0 aliphatic heterocycles. The number of carbonyl (C=O) groups is 1. The number of hydrogen-bond acceptors (Lipinski definition) is 3. The van der Waals surface area contributed by atoms with E-state index in [1.54, 1.807) is 0 Å². The molecule has 0 unspecified atom stereocenters. The standard InChI is InChI=1S/C8H3ClF5NO3/c9-5-4(18-8(12,13)14)2(6(10)11)1-3(15-5)7(16)17/h1,6H,(H,16,17). The van der Waals surface area contributed by atoms with E-state index >= 15 is 0 Å². The Hall–Kier alpha value is -1.64. The highest BCUT2D eigenvalue weighted by Gasteiger charge is 2.35. The van der Waals surface area contributed by atoms with Gasteiger partial charge in [0, 0.05) is 0 Å². The summed E-state index contributed by atoms with van der Waals surface area (Å²) in [6.45, 7) is 0. The minimum atomic E-state index is -5.25. The van der Waals surface area contributed by atoms with E-state index in [9.17, 15) is 26.7 Å². The van der Waals surface area contributed by atoms with E-state index in [1.165, 1.54) is 0 Å². The second-order valence-electron chi connectivity index (χ2n) is 2.87. The van der Waals surface area contributed by atoms with Gasteiger partial charge in [-0.25, -0.2) is 18.6 Å². The molecule has 1 heterocycles. The van der Waals surface area contributed by atoms with Gasteiger partial charge in [0.15, 0.2) is 16.6 Å². The van der Waals surface area contributed by atoms with E-state index in [1.807, 2.05) is 0 Å².